The topological polar surface area (TPSA) is 170 Å². The van der Waals surface area contributed by atoms with E-state index < -0.39 is 34.5 Å². The molecule has 4 aromatic heterocycles. The molecule has 14 nitrogen and oxygen atoms in total. The third-order valence-electron chi connectivity index (χ3n) is 9.77. The monoisotopic (exact) mass is 737 g/mol. The molecule has 1 aliphatic heterocycles. The Morgan fingerprint density at radius 2 is 1.88 bits per heavy atom. The van der Waals surface area contributed by atoms with Gasteiger partial charge in [-0.05, 0) is 56.4 Å². The molecule has 1 aromatic carbocycles. The standard InChI is InChI=1S/C34H31ClF3N9O5/c1-17-14-33(7-10-45(11-8-33)31(51)26-28(49)18(2)40-16-41-26)25-27(17)46(15-23(48)42-22-5-4-20(13-21(22)35)34(36,37)38)32-43-29(44-47(32)30(25)50)19-6-9-39-24(12-19)52-3/h4-6,9,12-13,16-17,49H,7-8,10-11,14-15H2,1-3H3,(H,42,48). The number of piperidine rings is 1. The van der Waals surface area contributed by atoms with Crippen LogP contribution in [0.4, 0.5) is 18.9 Å². The molecule has 2 N–H and O–H groups in total. The van der Waals surface area contributed by atoms with E-state index in [4.69, 9.17) is 16.3 Å². The minimum Gasteiger partial charge on any atom is -0.504 e. The number of alkyl halides is 3. The molecular formula is C34H31ClF3N9O5. The van der Waals surface area contributed by atoms with Crippen LogP contribution in [0.15, 0.2) is 47.7 Å². The fraction of sp³-hybridized carbons (Fsp3) is 0.353. The van der Waals surface area contributed by atoms with Crippen LogP contribution >= 0.6 is 11.6 Å². The third-order valence-corrected chi connectivity index (χ3v) is 10.1. The van der Waals surface area contributed by atoms with Gasteiger partial charge in [0.1, 0.15) is 12.9 Å². The van der Waals surface area contributed by atoms with Gasteiger partial charge in [-0.2, -0.15) is 22.7 Å². The molecule has 5 heterocycles. The summed E-state index contributed by atoms with van der Waals surface area (Å²) >= 11 is 6.14. The molecule has 1 unspecified atom stereocenters. The number of fused-ring (bicyclic) bond motifs is 3. The average Bonchev–Trinajstić information content (AvgIpc) is 3.68. The third kappa shape index (κ3) is 5.97. The van der Waals surface area contributed by atoms with Gasteiger partial charge in [0, 0.05) is 47.6 Å². The highest BCUT2D eigenvalue weighted by Gasteiger charge is 2.49. The van der Waals surface area contributed by atoms with Crippen molar-refractivity contribution < 1.29 is 32.6 Å². The Morgan fingerprint density at radius 1 is 1.13 bits per heavy atom. The van der Waals surface area contributed by atoms with E-state index >= 15 is 0 Å². The smallest absolute Gasteiger partial charge is 0.416 e. The number of pyridine rings is 1. The van der Waals surface area contributed by atoms with Crippen molar-refractivity contribution in [1.29, 1.82) is 0 Å². The van der Waals surface area contributed by atoms with Crippen LogP contribution < -0.4 is 15.6 Å². The van der Waals surface area contributed by atoms with Crippen molar-refractivity contribution in [3.05, 3.63) is 86.4 Å². The summed E-state index contributed by atoms with van der Waals surface area (Å²) in [6.45, 7) is 3.66. The van der Waals surface area contributed by atoms with E-state index in [-0.39, 0.29) is 65.0 Å². The highest BCUT2D eigenvalue weighted by molar-refractivity contribution is 6.33. The van der Waals surface area contributed by atoms with Gasteiger partial charge in [-0.1, -0.05) is 18.5 Å². The molecule has 2 amide bonds. The van der Waals surface area contributed by atoms with E-state index in [1.807, 2.05) is 6.92 Å². The minimum atomic E-state index is -4.62. The van der Waals surface area contributed by atoms with Gasteiger partial charge in [0.15, 0.2) is 17.3 Å². The van der Waals surface area contributed by atoms with Gasteiger partial charge in [-0.25, -0.2) is 15.0 Å². The molecule has 1 atom stereocenters. The summed E-state index contributed by atoms with van der Waals surface area (Å²) in [4.78, 5) is 59.8. The van der Waals surface area contributed by atoms with Crippen molar-refractivity contribution in [2.75, 3.05) is 25.5 Å². The molecule has 1 fully saturated rings. The summed E-state index contributed by atoms with van der Waals surface area (Å²) in [7, 11) is 1.45. The number of rotatable bonds is 6. The van der Waals surface area contributed by atoms with Crippen LogP contribution in [0.25, 0.3) is 17.2 Å². The quantitative estimate of drug-likeness (QED) is 0.248. The van der Waals surface area contributed by atoms with Crippen molar-refractivity contribution in [1.82, 2.24) is 39.0 Å². The first-order chi connectivity index (χ1) is 24.7. The van der Waals surface area contributed by atoms with Gasteiger partial charge >= 0.3 is 6.18 Å². The summed E-state index contributed by atoms with van der Waals surface area (Å²) < 4.78 is 47.7. The number of benzene rings is 1. The number of aromatic hydroxyl groups is 1. The largest absolute Gasteiger partial charge is 0.504 e. The number of aryl methyl sites for hydroxylation is 1. The van der Waals surface area contributed by atoms with Crippen LogP contribution in [-0.2, 0) is 22.9 Å². The van der Waals surface area contributed by atoms with E-state index in [0.29, 0.717) is 42.0 Å². The van der Waals surface area contributed by atoms with E-state index in [0.717, 1.165) is 22.7 Å². The van der Waals surface area contributed by atoms with Gasteiger partial charge < -0.3 is 24.6 Å². The highest BCUT2D eigenvalue weighted by Crippen LogP contribution is 2.50. The number of nitrogens with zero attached hydrogens (tertiary/aromatic N) is 8. The number of ether oxygens (including phenoxy) is 1. The molecule has 52 heavy (non-hydrogen) atoms. The maximum atomic E-state index is 14.5. The first-order valence-corrected chi connectivity index (χ1v) is 16.6. The Labute approximate surface area is 298 Å². The van der Waals surface area contributed by atoms with E-state index in [2.05, 4.69) is 30.4 Å². The summed E-state index contributed by atoms with van der Waals surface area (Å²) in [5.41, 5.74) is -0.402. The lowest BCUT2D eigenvalue weighted by atomic mass is 9.73. The molecular weight excluding hydrogens is 707 g/mol. The lowest BCUT2D eigenvalue weighted by Crippen LogP contribution is -2.46. The van der Waals surface area contributed by atoms with Gasteiger partial charge in [0.05, 0.1) is 29.1 Å². The Kier molecular flexibility index (Phi) is 8.63. The number of amides is 2. The second kappa shape index (κ2) is 12.9. The predicted molar refractivity (Wildman–Crippen MR) is 180 cm³/mol. The molecule has 270 valence electrons. The molecule has 0 saturated carbocycles. The Hall–Kier alpha value is -5.58. The first kappa shape index (κ1) is 34.9. The van der Waals surface area contributed by atoms with E-state index in [9.17, 15) is 32.7 Å². The Bertz CT molecular complexity index is 2320. The number of aromatic nitrogens is 7. The lowest BCUT2D eigenvalue weighted by molar-refractivity contribution is -0.137. The number of hydrogen-bond acceptors (Lipinski definition) is 10. The average molecular weight is 738 g/mol. The molecule has 18 heteroatoms. The molecule has 0 radical (unpaired) electrons. The number of likely N-dealkylation sites (tertiary alicyclic amines) is 1. The second-order valence-electron chi connectivity index (χ2n) is 13.0. The van der Waals surface area contributed by atoms with E-state index in [1.54, 1.807) is 28.5 Å². The number of methoxy groups -OCH3 is 1. The fourth-order valence-corrected chi connectivity index (χ4v) is 7.53. The zero-order valence-electron chi connectivity index (χ0n) is 28.0. The summed E-state index contributed by atoms with van der Waals surface area (Å²) in [6.07, 6.45) is -0.569. The Morgan fingerprint density at radius 3 is 2.58 bits per heavy atom. The van der Waals surface area contributed by atoms with Crippen molar-refractivity contribution in [2.24, 2.45) is 0 Å². The predicted octanol–water partition coefficient (Wildman–Crippen LogP) is 4.76. The number of carbonyl (C=O) groups is 2. The zero-order valence-corrected chi connectivity index (χ0v) is 28.8. The fourth-order valence-electron chi connectivity index (χ4n) is 7.30. The second-order valence-corrected chi connectivity index (χ2v) is 13.4. The van der Waals surface area contributed by atoms with Gasteiger partial charge in [0.25, 0.3) is 11.5 Å². The molecule has 0 bridgehead atoms. The van der Waals surface area contributed by atoms with Crippen LogP contribution in [0.1, 0.15) is 65.1 Å². The van der Waals surface area contributed by atoms with Crippen LogP contribution in [0, 0.1) is 6.92 Å². The number of hydrogen-bond donors (Lipinski definition) is 2. The molecule has 1 aliphatic carbocycles. The highest BCUT2D eigenvalue weighted by atomic mass is 35.5. The number of halogens is 4. The first-order valence-electron chi connectivity index (χ1n) is 16.2. The summed E-state index contributed by atoms with van der Waals surface area (Å²) in [5, 5.41) is 17.3. The maximum Gasteiger partial charge on any atom is 0.416 e. The number of anilines is 1. The Balaban J connectivity index is 1.28. The molecule has 2 aliphatic rings. The zero-order chi connectivity index (χ0) is 37.1. The SMILES string of the molecule is COc1cc(-c2nc3n(CC(=O)Nc4ccc(C(F)(F)F)cc4Cl)c4c(c(=O)n3n2)C2(CCN(C(=O)c3ncnc(C)c3O)CC2)CC4C)ccn1. The van der Waals surface area contributed by atoms with Crippen molar-refractivity contribution in [3.8, 4) is 23.0 Å². The minimum absolute atomic E-state index is 0.0223. The van der Waals surface area contributed by atoms with E-state index in [1.165, 1.54) is 19.6 Å². The molecule has 1 spiro atoms. The van der Waals surface area contributed by atoms with Crippen molar-refractivity contribution in [2.45, 2.75) is 57.2 Å². The van der Waals surface area contributed by atoms with Crippen molar-refractivity contribution >= 4 is 34.9 Å². The van der Waals surface area contributed by atoms with Crippen molar-refractivity contribution in [3.63, 3.8) is 0 Å². The van der Waals surface area contributed by atoms with Gasteiger partial charge in [-0.3, -0.25) is 14.4 Å². The number of nitrogens with one attached hydrogen (secondary N) is 1. The maximum absolute atomic E-state index is 14.5. The normalized spacial score (nSPS) is 16.7. The van der Waals surface area contributed by atoms with Crippen LogP contribution in [0.2, 0.25) is 5.02 Å². The van der Waals surface area contributed by atoms with Crippen LogP contribution in [0.5, 0.6) is 11.6 Å². The summed E-state index contributed by atoms with van der Waals surface area (Å²) in [5.74, 6) is -1.07. The van der Waals surface area contributed by atoms with Crippen LogP contribution in [0.3, 0.4) is 0 Å². The van der Waals surface area contributed by atoms with Gasteiger partial charge in [-0.15, -0.1) is 5.10 Å². The molecule has 1 saturated heterocycles. The molecule has 5 aromatic rings. The lowest BCUT2D eigenvalue weighted by Gasteiger charge is -2.39. The molecule has 7 rings (SSSR count). The number of carbonyl (C=O) groups excluding carboxylic acids is 2. The summed E-state index contributed by atoms with van der Waals surface area (Å²) in [6, 6.07) is 5.88. The van der Waals surface area contributed by atoms with Gasteiger partial charge in [0.2, 0.25) is 17.6 Å². The van der Waals surface area contributed by atoms with Crippen LogP contribution in [-0.4, -0.2) is 76.1 Å².